The summed E-state index contributed by atoms with van der Waals surface area (Å²) in [7, 11) is 0. The van der Waals surface area contributed by atoms with Crippen LogP contribution in [0.4, 0.5) is 11.4 Å². The van der Waals surface area contributed by atoms with Crippen LogP contribution in [0.5, 0.6) is 5.75 Å². The van der Waals surface area contributed by atoms with Gasteiger partial charge in [-0.3, -0.25) is 4.79 Å². The molecule has 0 spiro atoms. The van der Waals surface area contributed by atoms with Gasteiger partial charge >= 0.3 is 0 Å². The summed E-state index contributed by atoms with van der Waals surface area (Å²) in [6.45, 7) is 5.29. The third-order valence-corrected chi connectivity index (χ3v) is 4.23. The Morgan fingerprint density at radius 3 is 2.76 bits per heavy atom. The molecule has 132 valence electrons. The van der Waals surface area contributed by atoms with Crippen LogP contribution in [0.15, 0.2) is 42.5 Å². The zero-order chi connectivity index (χ0) is 17.6. The van der Waals surface area contributed by atoms with E-state index in [4.69, 9.17) is 21.1 Å². The van der Waals surface area contributed by atoms with Crippen LogP contribution in [0.1, 0.15) is 17.3 Å². The van der Waals surface area contributed by atoms with E-state index in [2.05, 4.69) is 10.2 Å². The third kappa shape index (κ3) is 4.24. The van der Waals surface area contributed by atoms with Gasteiger partial charge in [-0.15, -0.1) is 0 Å². The first-order valence-corrected chi connectivity index (χ1v) is 8.72. The van der Waals surface area contributed by atoms with Crippen LogP contribution in [0.25, 0.3) is 0 Å². The fourth-order valence-electron chi connectivity index (χ4n) is 2.81. The smallest absolute Gasteiger partial charge is 0.259 e. The molecule has 2 aromatic carbocycles. The van der Waals surface area contributed by atoms with Crippen molar-refractivity contribution in [3.63, 3.8) is 0 Å². The molecule has 1 heterocycles. The molecule has 0 bridgehead atoms. The Bertz CT molecular complexity index is 745. The molecule has 3 rings (SSSR count). The summed E-state index contributed by atoms with van der Waals surface area (Å²) in [5.74, 6) is 0.346. The van der Waals surface area contributed by atoms with Crippen LogP contribution < -0.4 is 15.0 Å². The Kier molecular flexibility index (Phi) is 5.79. The van der Waals surface area contributed by atoms with Gasteiger partial charge in [0, 0.05) is 18.1 Å². The highest BCUT2D eigenvalue weighted by Gasteiger charge is 2.18. The number of carbonyl (C=O) groups is 1. The number of hydrogen-bond donors (Lipinski definition) is 1. The Morgan fingerprint density at radius 1 is 1.24 bits per heavy atom. The largest absolute Gasteiger partial charge is 0.493 e. The Balaban J connectivity index is 1.87. The number of para-hydroxylation sites is 1. The first-order valence-electron chi connectivity index (χ1n) is 8.34. The van der Waals surface area contributed by atoms with Crippen molar-refractivity contribution in [3.8, 4) is 5.75 Å². The SMILES string of the molecule is CCOc1ccccc1C(=O)Nc1cc(Cl)ccc1N1CCOCC1. The van der Waals surface area contributed by atoms with Crippen LogP contribution in [0.3, 0.4) is 0 Å². The van der Waals surface area contributed by atoms with Crippen LogP contribution >= 0.6 is 11.6 Å². The van der Waals surface area contributed by atoms with Gasteiger partial charge in [-0.1, -0.05) is 23.7 Å². The lowest BCUT2D eigenvalue weighted by Gasteiger charge is -2.30. The van der Waals surface area contributed by atoms with Crippen molar-refractivity contribution in [2.45, 2.75) is 6.92 Å². The number of anilines is 2. The minimum absolute atomic E-state index is 0.221. The van der Waals surface area contributed by atoms with Crippen molar-refractivity contribution in [2.75, 3.05) is 43.1 Å². The molecule has 1 N–H and O–H groups in total. The summed E-state index contributed by atoms with van der Waals surface area (Å²) in [6.07, 6.45) is 0. The molecule has 0 unspecified atom stereocenters. The van der Waals surface area contributed by atoms with Gasteiger partial charge in [-0.05, 0) is 37.3 Å². The standard InChI is InChI=1S/C19H21ClN2O3/c1-2-25-18-6-4-3-5-15(18)19(23)21-16-13-14(20)7-8-17(16)22-9-11-24-12-10-22/h3-8,13H,2,9-12H2,1H3,(H,21,23). The van der Waals surface area contributed by atoms with Crippen molar-refractivity contribution < 1.29 is 14.3 Å². The molecular formula is C19H21ClN2O3. The molecule has 2 aromatic rings. The zero-order valence-electron chi connectivity index (χ0n) is 14.1. The molecular weight excluding hydrogens is 340 g/mol. The van der Waals surface area contributed by atoms with E-state index in [0.29, 0.717) is 41.8 Å². The molecule has 0 radical (unpaired) electrons. The minimum Gasteiger partial charge on any atom is -0.493 e. The average molecular weight is 361 g/mol. The van der Waals surface area contributed by atoms with Gasteiger partial charge in [0.25, 0.3) is 5.91 Å². The van der Waals surface area contributed by atoms with Gasteiger partial charge in [-0.2, -0.15) is 0 Å². The molecule has 0 atom stereocenters. The van der Waals surface area contributed by atoms with E-state index in [1.54, 1.807) is 18.2 Å². The highest BCUT2D eigenvalue weighted by atomic mass is 35.5. The Morgan fingerprint density at radius 2 is 2.00 bits per heavy atom. The number of ether oxygens (including phenoxy) is 2. The number of carbonyl (C=O) groups excluding carboxylic acids is 1. The molecule has 1 fully saturated rings. The Labute approximate surface area is 152 Å². The number of halogens is 1. The summed E-state index contributed by atoms with van der Waals surface area (Å²) < 4.78 is 11.0. The van der Waals surface area contributed by atoms with Crippen LogP contribution in [0.2, 0.25) is 5.02 Å². The molecule has 0 aliphatic carbocycles. The lowest BCUT2D eigenvalue weighted by Crippen LogP contribution is -2.36. The fourth-order valence-corrected chi connectivity index (χ4v) is 2.99. The monoisotopic (exact) mass is 360 g/mol. The second-order valence-electron chi connectivity index (χ2n) is 5.64. The summed E-state index contributed by atoms with van der Waals surface area (Å²) in [5.41, 5.74) is 2.12. The van der Waals surface area contributed by atoms with Gasteiger partial charge in [0.15, 0.2) is 0 Å². The Hall–Kier alpha value is -2.24. The molecule has 1 saturated heterocycles. The lowest BCUT2D eigenvalue weighted by atomic mass is 10.1. The molecule has 0 aromatic heterocycles. The number of hydrogen-bond acceptors (Lipinski definition) is 4. The van der Waals surface area contributed by atoms with E-state index in [-0.39, 0.29) is 5.91 Å². The summed E-state index contributed by atoms with van der Waals surface area (Å²) >= 11 is 6.15. The van der Waals surface area contributed by atoms with E-state index >= 15 is 0 Å². The maximum absolute atomic E-state index is 12.8. The highest BCUT2D eigenvalue weighted by Crippen LogP contribution is 2.31. The van der Waals surface area contributed by atoms with Crippen molar-refractivity contribution in [3.05, 3.63) is 53.1 Å². The van der Waals surface area contributed by atoms with Gasteiger partial charge < -0.3 is 19.7 Å². The lowest BCUT2D eigenvalue weighted by molar-refractivity contribution is 0.102. The summed E-state index contributed by atoms with van der Waals surface area (Å²) in [6, 6.07) is 12.7. The van der Waals surface area contributed by atoms with Gasteiger partial charge in [0.05, 0.1) is 36.8 Å². The van der Waals surface area contributed by atoms with Gasteiger partial charge in [0.2, 0.25) is 0 Å². The fraction of sp³-hybridized carbons (Fsp3) is 0.316. The number of nitrogens with zero attached hydrogens (tertiary/aromatic N) is 1. The van der Waals surface area contributed by atoms with E-state index < -0.39 is 0 Å². The molecule has 6 heteroatoms. The van der Waals surface area contributed by atoms with Crippen LogP contribution in [0, 0.1) is 0 Å². The minimum atomic E-state index is -0.221. The molecule has 25 heavy (non-hydrogen) atoms. The molecule has 1 aliphatic rings. The van der Waals surface area contributed by atoms with Crippen molar-refractivity contribution in [1.82, 2.24) is 0 Å². The van der Waals surface area contributed by atoms with E-state index in [1.165, 1.54) is 0 Å². The molecule has 1 amide bonds. The second-order valence-corrected chi connectivity index (χ2v) is 6.08. The molecule has 5 nitrogen and oxygen atoms in total. The predicted octanol–water partition coefficient (Wildman–Crippen LogP) is 3.83. The number of benzene rings is 2. The molecule has 1 aliphatic heterocycles. The van der Waals surface area contributed by atoms with Crippen LogP contribution in [-0.2, 0) is 4.74 Å². The number of nitrogens with one attached hydrogen (secondary N) is 1. The summed E-state index contributed by atoms with van der Waals surface area (Å²) in [5, 5.41) is 3.55. The average Bonchev–Trinajstić information content (AvgIpc) is 2.63. The quantitative estimate of drug-likeness (QED) is 0.880. The maximum atomic E-state index is 12.8. The highest BCUT2D eigenvalue weighted by molar-refractivity contribution is 6.31. The number of amides is 1. The third-order valence-electron chi connectivity index (χ3n) is 3.99. The van der Waals surface area contributed by atoms with Gasteiger partial charge in [0.1, 0.15) is 5.75 Å². The van der Waals surface area contributed by atoms with E-state index in [0.717, 1.165) is 18.8 Å². The van der Waals surface area contributed by atoms with Crippen molar-refractivity contribution in [1.29, 1.82) is 0 Å². The van der Waals surface area contributed by atoms with Gasteiger partial charge in [-0.25, -0.2) is 0 Å². The first kappa shape index (κ1) is 17.6. The number of morpholine rings is 1. The normalized spacial score (nSPS) is 14.2. The predicted molar refractivity (Wildman–Crippen MR) is 100 cm³/mol. The van der Waals surface area contributed by atoms with Crippen molar-refractivity contribution >= 4 is 28.9 Å². The number of rotatable bonds is 5. The summed E-state index contributed by atoms with van der Waals surface area (Å²) in [4.78, 5) is 15.0. The maximum Gasteiger partial charge on any atom is 0.259 e. The first-order chi connectivity index (χ1) is 12.2. The second kappa shape index (κ2) is 8.23. The van der Waals surface area contributed by atoms with Crippen molar-refractivity contribution in [2.24, 2.45) is 0 Å². The topological polar surface area (TPSA) is 50.8 Å². The van der Waals surface area contributed by atoms with E-state index in [9.17, 15) is 4.79 Å². The van der Waals surface area contributed by atoms with Crippen LogP contribution in [-0.4, -0.2) is 38.8 Å². The van der Waals surface area contributed by atoms with E-state index in [1.807, 2.05) is 31.2 Å². The zero-order valence-corrected chi connectivity index (χ0v) is 14.9. The molecule has 0 saturated carbocycles.